The Kier molecular flexibility index (Phi) is 4.82. The molecule has 0 amide bonds. The highest BCUT2D eigenvalue weighted by atomic mass is 35.5. The number of aryl methyl sites for hydroxylation is 2. The van der Waals surface area contributed by atoms with E-state index in [1.165, 1.54) is 48.8 Å². The van der Waals surface area contributed by atoms with Gasteiger partial charge in [0.25, 0.3) is 0 Å². The number of halogens is 1. The highest BCUT2D eigenvalue weighted by Crippen LogP contribution is 2.53. The van der Waals surface area contributed by atoms with Crippen LogP contribution in [0.2, 0.25) is 5.02 Å². The van der Waals surface area contributed by atoms with Crippen molar-refractivity contribution in [3.63, 3.8) is 0 Å². The van der Waals surface area contributed by atoms with Gasteiger partial charge < -0.3 is 0 Å². The smallest absolute Gasteiger partial charge is 0.0406 e. The largest absolute Gasteiger partial charge is 0.0843 e. The molecule has 1 unspecified atom stereocenters. The Labute approximate surface area is 145 Å². The first-order valence-electron chi connectivity index (χ1n) is 8.92. The summed E-state index contributed by atoms with van der Waals surface area (Å²) in [6, 6.07) is 15.6. The van der Waals surface area contributed by atoms with E-state index in [0.717, 1.165) is 5.02 Å². The van der Waals surface area contributed by atoms with E-state index >= 15 is 0 Å². The normalized spacial score (nSPS) is 17.6. The molecule has 0 aromatic heterocycles. The third-order valence-electron chi connectivity index (χ3n) is 5.78. The molecule has 0 heterocycles. The summed E-state index contributed by atoms with van der Waals surface area (Å²) in [7, 11) is 0. The number of benzene rings is 2. The maximum absolute atomic E-state index is 6.11. The molecule has 1 fully saturated rings. The molecule has 122 valence electrons. The number of rotatable bonds is 5. The summed E-state index contributed by atoms with van der Waals surface area (Å²) < 4.78 is 0. The molecular weight excluding hydrogens is 300 g/mol. The third kappa shape index (κ3) is 3.06. The van der Waals surface area contributed by atoms with E-state index in [-0.39, 0.29) is 0 Å². The summed E-state index contributed by atoms with van der Waals surface area (Å²) in [4.78, 5) is 0. The summed E-state index contributed by atoms with van der Waals surface area (Å²) in [5.74, 6) is 0.555. The SMILES string of the molecule is CCCc1ccc(C)cc1C(C)C1(c2ccc(Cl)cc2)CCC1. The standard InChI is InChI=1S/C22H27Cl/c1-4-6-18-8-7-16(2)15-21(18)17(3)22(13-5-14-22)19-9-11-20(23)12-10-19/h7-12,15,17H,4-6,13-14H2,1-3H3. The third-order valence-corrected chi connectivity index (χ3v) is 6.03. The van der Waals surface area contributed by atoms with Crippen molar-refractivity contribution >= 4 is 11.6 Å². The molecule has 1 atom stereocenters. The van der Waals surface area contributed by atoms with Crippen LogP contribution in [0.5, 0.6) is 0 Å². The first-order chi connectivity index (χ1) is 11.1. The molecule has 0 saturated heterocycles. The van der Waals surface area contributed by atoms with E-state index in [4.69, 9.17) is 11.6 Å². The van der Waals surface area contributed by atoms with Crippen LogP contribution in [0.15, 0.2) is 42.5 Å². The maximum atomic E-state index is 6.11. The van der Waals surface area contributed by atoms with Crippen molar-refractivity contribution in [2.75, 3.05) is 0 Å². The lowest BCUT2D eigenvalue weighted by molar-refractivity contribution is 0.202. The minimum atomic E-state index is 0.293. The minimum Gasteiger partial charge on any atom is -0.0843 e. The van der Waals surface area contributed by atoms with Crippen LogP contribution in [-0.4, -0.2) is 0 Å². The Morgan fingerprint density at radius 1 is 1.09 bits per heavy atom. The van der Waals surface area contributed by atoms with Crippen LogP contribution < -0.4 is 0 Å². The van der Waals surface area contributed by atoms with Gasteiger partial charge in [-0.05, 0) is 60.9 Å². The van der Waals surface area contributed by atoms with E-state index in [2.05, 4.69) is 51.1 Å². The second-order valence-corrected chi connectivity index (χ2v) is 7.63. The van der Waals surface area contributed by atoms with Crippen LogP contribution in [0.3, 0.4) is 0 Å². The van der Waals surface area contributed by atoms with Gasteiger partial charge in [0, 0.05) is 10.4 Å². The van der Waals surface area contributed by atoms with Gasteiger partial charge in [0.15, 0.2) is 0 Å². The van der Waals surface area contributed by atoms with Gasteiger partial charge in [-0.3, -0.25) is 0 Å². The quantitative estimate of drug-likeness (QED) is 0.565. The summed E-state index contributed by atoms with van der Waals surface area (Å²) in [5.41, 5.74) is 6.22. The highest BCUT2D eigenvalue weighted by Gasteiger charge is 2.44. The molecular formula is C22H27Cl. The Balaban J connectivity index is 2.02. The Hall–Kier alpha value is -1.27. The molecule has 2 aromatic rings. The van der Waals surface area contributed by atoms with Gasteiger partial charge >= 0.3 is 0 Å². The molecule has 1 saturated carbocycles. The Bertz CT molecular complexity index is 665. The molecule has 1 aliphatic rings. The van der Waals surface area contributed by atoms with Gasteiger partial charge in [-0.1, -0.05) is 74.2 Å². The van der Waals surface area contributed by atoms with Crippen LogP contribution in [-0.2, 0) is 11.8 Å². The van der Waals surface area contributed by atoms with Crippen LogP contribution in [0, 0.1) is 6.92 Å². The first-order valence-corrected chi connectivity index (χ1v) is 9.30. The van der Waals surface area contributed by atoms with Crippen molar-refractivity contribution < 1.29 is 0 Å². The lowest BCUT2D eigenvalue weighted by Crippen LogP contribution is -2.39. The molecule has 1 heteroatoms. The van der Waals surface area contributed by atoms with Gasteiger partial charge in [0.05, 0.1) is 0 Å². The predicted molar refractivity (Wildman–Crippen MR) is 101 cm³/mol. The van der Waals surface area contributed by atoms with E-state index in [0.29, 0.717) is 11.3 Å². The fourth-order valence-electron chi connectivity index (χ4n) is 4.22. The average molecular weight is 327 g/mol. The fourth-order valence-corrected chi connectivity index (χ4v) is 4.35. The molecule has 2 aromatic carbocycles. The van der Waals surface area contributed by atoms with Crippen molar-refractivity contribution in [3.8, 4) is 0 Å². The summed E-state index contributed by atoms with van der Waals surface area (Å²) in [6.07, 6.45) is 6.29. The van der Waals surface area contributed by atoms with Crippen molar-refractivity contribution in [1.29, 1.82) is 0 Å². The number of hydrogen-bond donors (Lipinski definition) is 0. The fraction of sp³-hybridized carbons (Fsp3) is 0.455. The zero-order valence-electron chi connectivity index (χ0n) is 14.5. The predicted octanol–water partition coefficient (Wildman–Crippen LogP) is 6.83. The van der Waals surface area contributed by atoms with Crippen LogP contribution in [0.4, 0.5) is 0 Å². The van der Waals surface area contributed by atoms with Crippen LogP contribution in [0.1, 0.15) is 67.7 Å². The zero-order valence-corrected chi connectivity index (χ0v) is 15.3. The monoisotopic (exact) mass is 326 g/mol. The molecule has 0 nitrogen and oxygen atoms in total. The molecule has 0 N–H and O–H groups in total. The van der Waals surface area contributed by atoms with E-state index in [1.54, 1.807) is 5.56 Å². The molecule has 3 rings (SSSR count). The number of hydrogen-bond acceptors (Lipinski definition) is 0. The molecule has 0 bridgehead atoms. The van der Waals surface area contributed by atoms with E-state index < -0.39 is 0 Å². The molecule has 0 spiro atoms. The van der Waals surface area contributed by atoms with Gasteiger partial charge in [-0.2, -0.15) is 0 Å². The Morgan fingerprint density at radius 2 is 1.78 bits per heavy atom. The van der Waals surface area contributed by atoms with Crippen molar-refractivity contribution in [2.24, 2.45) is 0 Å². The van der Waals surface area contributed by atoms with Crippen molar-refractivity contribution in [1.82, 2.24) is 0 Å². The lowest BCUT2D eigenvalue weighted by Gasteiger charge is -2.48. The molecule has 23 heavy (non-hydrogen) atoms. The molecule has 1 aliphatic carbocycles. The van der Waals surface area contributed by atoms with Gasteiger partial charge in [0.2, 0.25) is 0 Å². The second-order valence-electron chi connectivity index (χ2n) is 7.19. The van der Waals surface area contributed by atoms with Gasteiger partial charge in [-0.25, -0.2) is 0 Å². The summed E-state index contributed by atoms with van der Waals surface area (Å²) in [5, 5.41) is 0.832. The second kappa shape index (κ2) is 6.69. The van der Waals surface area contributed by atoms with Crippen LogP contribution in [0.25, 0.3) is 0 Å². The zero-order chi connectivity index (χ0) is 16.4. The van der Waals surface area contributed by atoms with Crippen molar-refractivity contribution in [2.45, 2.75) is 64.2 Å². The first kappa shape index (κ1) is 16.6. The summed E-state index contributed by atoms with van der Waals surface area (Å²) in [6.45, 7) is 6.91. The lowest BCUT2D eigenvalue weighted by atomic mass is 9.56. The van der Waals surface area contributed by atoms with Crippen LogP contribution >= 0.6 is 11.6 Å². The maximum Gasteiger partial charge on any atom is 0.0406 e. The van der Waals surface area contributed by atoms with E-state index in [1.807, 2.05) is 12.1 Å². The van der Waals surface area contributed by atoms with Gasteiger partial charge in [-0.15, -0.1) is 0 Å². The Morgan fingerprint density at radius 3 is 2.35 bits per heavy atom. The highest BCUT2D eigenvalue weighted by molar-refractivity contribution is 6.30. The topological polar surface area (TPSA) is 0 Å². The molecule has 0 aliphatic heterocycles. The van der Waals surface area contributed by atoms with Gasteiger partial charge in [0.1, 0.15) is 0 Å². The van der Waals surface area contributed by atoms with Crippen molar-refractivity contribution in [3.05, 3.63) is 69.7 Å². The molecule has 0 radical (unpaired) electrons. The average Bonchev–Trinajstić information content (AvgIpc) is 2.50. The van der Waals surface area contributed by atoms with E-state index in [9.17, 15) is 0 Å². The summed E-state index contributed by atoms with van der Waals surface area (Å²) >= 11 is 6.11. The minimum absolute atomic E-state index is 0.293.